The molecule has 0 fully saturated rings. The molecule has 8 nitrogen and oxygen atoms in total. The molecule has 1 heterocycles. The summed E-state index contributed by atoms with van der Waals surface area (Å²) >= 11 is 1.14. The van der Waals surface area contributed by atoms with Crippen molar-refractivity contribution in [3.05, 3.63) is 75.9 Å². The van der Waals surface area contributed by atoms with Crippen molar-refractivity contribution >= 4 is 38.9 Å². The third kappa shape index (κ3) is 5.40. The average Bonchev–Trinajstić information content (AvgIpc) is 2.79. The van der Waals surface area contributed by atoms with Crippen LogP contribution in [0, 0.1) is 6.92 Å². The van der Waals surface area contributed by atoms with E-state index >= 15 is 0 Å². The molecule has 34 heavy (non-hydrogen) atoms. The van der Waals surface area contributed by atoms with Gasteiger partial charge in [0.25, 0.3) is 11.3 Å². The molecule has 0 aliphatic heterocycles. The van der Waals surface area contributed by atoms with Crippen LogP contribution in [0.2, 0.25) is 0 Å². The number of nitrogens with zero attached hydrogens (tertiary/aromatic N) is 2. The van der Waals surface area contributed by atoms with Gasteiger partial charge in [-0.1, -0.05) is 24.3 Å². The lowest BCUT2D eigenvalue weighted by Crippen LogP contribution is -2.33. The first kappa shape index (κ1) is 24.2. The zero-order valence-corrected chi connectivity index (χ0v) is 20.7. The number of aromatic nitrogens is 1. The van der Waals surface area contributed by atoms with E-state index in [2.05, 4.69) is 20.9 Å². The summed E-state index contributed by atoms with van der Waals surface area (Å²) in [5.74, 6) is 0.395. The van der Waals surface area contributed by atoms with Crippen molar-refractivity contribution in [2.75, 3.05) is 10.9 Å². The van der Waals surface area contributed by atoms with E-state index in [1.807, 2.05) is 37.3 Å². The minimum atomic E-state index is -2.34. The number of rotatable bonds is 8. The van der Waals surface area contributed by atoms with Crippen LogP contribution in [0.4, 0.5) is 5.69 Å². The second-order valence-corrected chi connectivity index (χ2v) is 9.58. The highest BCUT2D eigenvalue weighted by molar-refractivity contribution is 9.10. The van der Waals surface area contributed by atoms with Crippen LogP contribution in [0.1, 0.15) is 35.6 Å². The number of hydrogen-bond acceptors (Lipinski definition) is 5. The zero-order valence-electron chi connectivity index (χ0n) is 18.3. The number of halogens is 1. The zero-order chi connectivity index (χ0) is 24.2. The third-order valence-corrected chi connectivity index (χ3v) is 6.86. The van der Waals surface area contributed by atoms with E-state index in [1.165, 1.54) is 10.5 Å². The van der Waals surface area contributed by atoms with E-state index in [0.29, 0.717) is 40.4 Å². The summed E-state index contributed by atoms with van der Waals surface area (Å²) in [6.07, 6.45) is 3.59. The maximum absolute atomic E-state index is 12.5. The van der Waals surface area contributed by atoms with Crippen LogP contribution in [0.15, 0.2) is 59.2 Å². The average molecular weight is 547 g/mol. The standard InChI is InChI=1S/C24H23BrN2O6S/c1-15-5-2-6-17(11-15)33-24-20(25)12-16(13-26-24)27(34(30)31)21-9-3-8-19-18(21)7-4-10-22(19)32-14-23(28)29/h2,4-7,10-13,21H,3,8-9,14H2,1H3,(H,28,29)(H,30,31). The molecule has 178 valence electrons. The van der Waals surface area contributed by atoms with E-state index in [9.17, 15) is 13.6 Å². The molecule has 10 heteroatoms. The van der Waals surface area contributed by atoms with Crippen molar-refractivity contribution in [2.24, 2.45) is 0 Å². The van der Waals surface area contributed by atoms with Gasteiger partial charge in [0.2, 0.25) is 5.88 Å². The number of carboxylic acid groups (broad SMARTS) is 1. The van der Waals surface area contributed by atoms with Gasteiger partial charge >= 0.3 is 5.97 Å². The number of fused-ring (bicyclic) bond motifs is 1. The lowest BCUT2D eigenvalue weighted by atomic mass is 9.87. The predicted octanol–water partition coefficient (Wildman–Crippen LogP) is 5.43. The molecule has 2 unspecified atom stereocenters. The number of aliphatic carboxylic acids is 1. The SMILES string of the molecule is Cc1cccc(Oc2ncc(N(C3CCCc4c(OCC(=O)O)cccc43)S(=O)O)cc2Br)c1. The van der Waals surface area contributed by atoms with Crippen molar-refractivity contribution in [2.45, 2.75) is 32.2 Å². The number of pyridine rings is 1. The molecular formula is C24H23BrN2O6S. The molecule has 1 aromatic heterocycles. The Morgan fingerprint density at radius 2 is 2.06 bits per heavy atom. The van der Waals surface area contributed by atoms with Gasteiger partial charge in [0.05, 0.1) is 22.4 Å². The highest BCUT2D eigenvalue weighted by Gasteiger charge is 2.32. The summed E-state index contributed by atoms with van der Waals surface area (Å²) in [6, 6.07) is 14.2. The molecule has 0 bridgehead atoms. The van der Waals surface area contributed by atoms with Crippen LogP contribution < -0.4 is 13.8 Å². The molecule has 0 spiro atoms. The van der Waals surface area contributed by atoms with Gasteiger partial charge in [0.1, 0.15) is 11.5 Å². The van der Waals surface area contributed by atoms with Crippen LogP contribution in [0.3, 0.4) is 0 Å². The highest BCUT2D eigenvalue weighted by Crippen LogP contribution is 2.42. The van der Waals surface area contributed by atoms with Crippen LogP contribution in [0.25, 0.3) is 0 Å². The fourth-order valence-corrected chi connectivity index (χ4v) is 5.22. The lowest BCUT2D eigenvalue weighted by Gasteiger charge is -2.35. The molecule has 2 N–H and O–H groups in total. The van der Waals surface area contributed by atoms with Gasteiger partial charge in [-0.2, -0.15) is 0 Å². The Balaban J connectivity index is 1.65. The number of anilines is 1. The normalized spacial score (nSPS) is 15.8. The van der Waals surface area contributed by atoms with Crippen molar-refractivity contribution in [1.82, 2.24) is 4.98 Å². The Morgan fingerprint density at radius 3 is 2.76 bits per heavy atom. The summed E-state index contributed by atoms with van der Waals surface area (Å²) in [4.78, 5) is 15.3. The lowest BCUT2D eigenvalue weighted by molar-refractivity contribution is -0.139. The fraction of sp³-hybridized carbons (Fsp3) is 0.250. The third-order valence-electron chi connectivity index (χ3n) is 5.49. The molecule has 1 aliphatic rings. The number of carbonyl (C=O) groups is 1. The van der Waals surface area contributed by atoms with E-state index in [4.69, 9.17) is 14.6 Å². The summed E-state index contributed by atoms with van der Waals surface area (Å²) in [7, 11) is 0. The molecular weight excluding hydrogens is 524 g/mol. The second kappa shape index (κ2) is 10.5. The predicted molar refractivity (Wildman–Crippen MR) is 132 cm³/mol. The number of ether oxygens (including phenoxy) is 2. The summed E-state index contributed by atoms with van der Waals surface area (Å²) in [5, 5.41) is 8.97. The quantitative estimate of drug-likeness (QED) is 0.362. The maximum atomic E-state index is 12.5. The Bertz CT molecular complexity index is 1240. The van der Waals surface area contributed by atoms with Crippen LogP contribution in [0.5, 0.6) is 17.4 Å². The summed E-state index contributed by atoms with van der Waals surface area (Å²) < 4.78 is 36.0. The maximum Gasteiger partial charge on any atom is 0.341 e. The molecule has 1 aliphatic carbocycles. The number of hydrogen-bond donors (Lipinski definition) is 2. The smallest absolute Gasteiger partial charge is 0.341 e. The number of carboxylic acids is 1. The minimum absolute atomic E-state index is 0.339. The van der Waals surface area contributed by atoms with E-state index < -0.39 is 29.9 Å². The second-order valence-electron chi connectivity index (χ2n) is 7.87. The Morgan fingerprint density at radius 1 is 1.26 bits per heavy atom. The van der Waals surface area contributed by atoms with Crippen LogP contribution in [-0.4, -0.2) is 31.4 Å². The first-order valence-corrected chi connectivity index (χ1v) is 12.5. The largest absolute Gasteiger partial charge is 0.482 e. The molecule has 0 radical (unpaired) electrons. The van der Waals surface area contributed by atoms with E-state index in [1.54, 1.807) is 18.2 Å². The summed E-state index contributed by atoms with van der Waals surface area (Å²) in [6.45, 7) is 1.52. The molecule has 2 atom stereocenters. The van der Waals surface area contributed by atoms with Crippen molar-refractivity contribution in [3.63, 3.8) is 0 Å². The first-order chi connectivity index (χ1) is 16.3. The van der Waals surface area contributed by atoms with Gasteiger partial charge in [-0.05, 0) is 83.1 Å². The number of benzene rings is 2. The van der Waals surface area contributed by atoms with Crippen molar-refractivity contribution in [3.8, 4) is 17.4 Å². The van der Waals surface area contributed by atoms with Gasteiger partial charge in [0.15, 0.2) is 6.61 Å². The highest BCUT2D eigenvalue weighted by atomic mass is 79.9. The van der Waals surface area contributed by atoms with E-state index in [-0.39, 0.29) is 0 Å². The molecule has 3 aromatic rings. The summed E-state index contributed by atoms with van der Waals surface area (Å²) in [5.41, 5.74) is 3.17. The van der Waals surface area contributed by atoms with Crippen LogP contribution >= 0.6 is 15.9 Å². The topological polar surface area (TPSA) is 109 Å². The van der Waals surface area contributed by atoms with E-state index in [0.717, 1.165) is 23.1 Å². The molecule has 0 saturated carbocycles. The molecule has 0 saturated heterocycles. The van der Waals surface area contributed by atoms with Gasteiger partial charge in [-0.3, -0.25) is 8.86 Å². The Labute approximate surface area is 208 Å². The minimum Gasteiger partial charge on any atom is -0.482 e. The van der Waals surface area contributed by atoms with Gasteiger partial charge in [-0.25, -0.2) is 14.0 Å². The molecule has 0 amide bonds. The monoisotopic (exact) mass is 546 g/mol. The van der Waals surface area contributed by atoms with Gasteiger partial charge < -0.3 is 14.6 Å². The fourth-order valence-electron chi connectivity index (χ4n) is 4.09. The molecule has 4 rings (SSSR count). The van der Waals surface area contributed by atoms with Gasteiger partial charge in [0, 0.05) is 0 Å². The number of aryl methyl sites for hydroxylation is 1. The van der Waals surface area contributed by atoms with Crippen LogP contribution in [-0.2, 0) is 22.5 Å². The van der Waals surface area contributed by atoms with Gasteiger partial charge in [-0.15, -0.1) is 0 Å². The Kier molecular flexibility index (Phi) is 7.50. The Hall–Kier alpha value is -2.95. The van der Waals surface area contributed by atoms with Crippen molar-refractivity contribution in [1.29, 1.82) is 0 Å². The molecule has 2 aromatic carbocycles. The first-order valence-electron chi connectivity index (χ1n) is 10.6. The van der Waals surface area contributed by atoms with Crippen molar-refractivity contribution < 1.29 is 28.1 Å².